The van der Waals surface area contributed by atoms with Crippen LogP contribution in [0.3, 0.4) is 0 Å². The Hall–Kier alpha value is 0.160. The first kappa shape index (κ1) is 13.2. The van der Waals surface area contributed by atoms with E-state index < -0.39 is 10.0 Å². The van der Waals surface area contributed by atoms with Crippen LogP contribution in [0.2, 0.25) is 0 Å². The maximum Gasteiger partial charge on any atom is 0.214 e. The molecule has 1 rings (SSSR count). The molecule has 1 atom stereocenters. The minimum atomic E-state index is -3.09. The Morgan fingerprint density at radius 2 is 2.20 bits per heavy atom. The van der Waals surface area contributed by atoms with Crippen molar-refractivity contribution < 1.29 is 13.2 Å². The Labute approximate surface area is 96.6 Å². The molecule has 0 amide bonds. The third-order valence-electron chi connectivity index (χ3n) is 2.38. The summed E-state index contributed by atoms with van der Waals surface area (Å²) in [5.74, 6) is 0.724. The van der Waals surface area contributed by atoms with Gasteiger partial charge in [0.2, 0.25) is 10.0 Å². The fourth-order valence-electron chi connectivity index (χ4n) is 1.55. The molecule has 1 saturated heterocycles. The van der Waals surface area contributed by atoms with E-state index in [0.29, 0.717) is 32.0 Å². The summed E-state index contributed by atoms with van der Waals surface area (Å²) in [7, 11) is -3.09. The second-order valence-electron chi connectivity index (χ2n) is 3.75. The predicted octanol–water partition coefficient (Wildman–Crippen LogP) is 1.06. The van der Waals surface area contributed by atoms with Gasteiger partial charge in [-0.2, -0.15) is 4.31 Å². The van der Waals surface area contributed by atoms with Gasteiger partial charge in [-0.3, -0.25) is 0 Å². The third-order valence-corrected chi connectivity index (χ3v) is 4.57. The molecule has 0 spiro atoms. The standard InChI is InChI=1S/C9H18ClNO3S/c1-9-8-11(5-6-14-9)15(12,13)7-3-2-4-10/h9H,2-8H2,1H3. The van der Waals surface area contributed by atoms with E-state index in [1.807, 2.05) is 6.92 Å². The Balaban J connectivity index is 2.45. The molecule has 90 valence electrons. The summed E-state index contributed by atoms with van der Waals surface area (Å²) in [5.41, 5.74) is 0. The van der Waals surface area contributed by atoms with Crippen molar-refractivity contribution in [1.82, 2.24) is 4.31 Å². The summed E-state index contributed by atoms with van der Waals surface area (Å²) >= 11 is 5.51. The number of sulfonamides is 1. The molecule has 0 aromatic rings. The molecule has 0 aliphatic carbocycles. The summed E-state index contributed by atoms with van der Waals surface area (Å²) < 4.78 is 30.5. The van der Waals surface area contributed by atoms with Crippen LogP contribution in [-0.4, -0.2) is 50.2 Å². The second kappa shape index (κ2) is 6.03. The molecule has 0 aromatic carbocycles. The van der Waals surface area contributed by atoms with Crippen LogP contribution in [0.25, 0.3) is 0 Å². The average Bonchev–Trinajstić information content (AvgIpc) is 2.18. The lowest BCUT2D eigenvalue weighted by Crippen LogP contribution is -2.45. The van der Waals surface area contributed by atoms with Crippen molar-refractivity contribution in [2.75, 3.05) is 31.3 Å². The number of hydrogen-bond donors (Lipinski definition) is 0. The number of alkyl halides is 1. The van der Waals surface area contributed by atoms with Gasteiger partial charge < -0.3 is 4.74 Å². The van der Waals surface area contributed by atoms with Crippen LogP contribution in [0.4, 0.5) is 0 Å². The minimum absolute atomic E-state index is 0.00144. The maximum atomic E-state index is 11.8. The van der Waals surface area contributed by atoms with Gasteiger partial charge in [0.15, 0.2) is 0 Å². The van der Waals surface area contributed by atoms with Crippen LogP contribution >= 0.6 is 11.6 Å². The summed E-state index contributed by atoms with van der Waals surface area (Å²) in [6, 6.07) is 0. The zero-order valence-electron chi connectivity index (χ0n) is 8.99. The number of halogens is 1. The Morgan fingerprint density at radius 1 is 1.47 bits per heavy atom. The number of hydrogen-bond acceptors (Lipinski definition) is 3. The molecule has 1 aliphatic heterocycles. The first-order valence-corrected chi connectivity index (χ1v) is 7.36. The fourth-order valence-corrected chi connectivity index (χ4v) is 3.35. The Bertz CT molecular complexity index is 281. The van der Waals surface area contributed by atoms with Crippen molar-refractivity contribution >= 4 is 21.6 Å². The topological polar surface area (TPSA) is 46.6 Å². The zero-order chi connectivity index (χ0) is 11.3. The average molecular weight is 256 g/mol. The van der Waals surface area contributed by atoms with Crippen LogP contribution in [0.1, 0.15) is 19.8 Å². The van der Waals surface area contributed by atoms with Crippen molar-refractivity contribution in [3.05, 3.63) is 0 Å². The summed E-state index contributed by atoms with van der Waals surface area (Å²) in [6.07, 6.45) is 1.39. The van der Waals surface area contributed by atoms with E-state index in [9.17, 15) is 8.42 Å². The van der Waals surface area contributed by atoms with Gasteiger partial charge >= 0.3 is 0 Å². The van der Waals surface area contributed by atoms with E-state index in [1.54, 1.807) is 0 Å². The number of nitrogens with zero attached hydrogens (tertiary/aromatic N) is 1. The fraction of sp³-hybridized carbons (Fsp3) is 1.00. The normalized spacial score (nSPS) is 24.3. The minimum Gasteiger partial charge on any atom is -0.376 e. The summed E-state index contributed by atoms with van der Waals surface area (Å²) in [6.45, 7) is 3.34. The van der Waals surface area contributed by atoms with Gasteiger partial charge in [-0.1, -0.05) is 0 Å². The number of rotatable bonds is 5. The van der Waals surface area contributed by atoms with Crippen LogP contribution < -0.4 is 0 Å². The van der Waals surface area contributed by atoms with E-state index in [4.69, 9.17) is 16.3 Å². The summed E-state index contributed by atoms with van der Waals surface area (Å²) in [4.78, 5) is 0. The molecule has 0 saturated carbocycles. The molecule has 1 aliphatic rings. The van der Waals surface area contributed by atoms with Crippen LogP contribution in [0.15, 0.2) is 0 Å². The smallest absolute Gasteiger partial charge is 0.214 e. The highest BCUT2D eigenvalue weighted by molar-refractivity contribution is 7.89. The molecule has 1 fully saturated rings. The van der Waals surface area contributed by atoms with Gasteiger partial charge in [0.05, 0.1) is 18.5 Å². The third kappa shape index (κ3) is 4.26. The van der Waals surface area contributed by atoms with Gasteiger partial charge in [0.25, 0.3) is 0 Å². The lowest BCUT2D eigenvalue weighted by atomic mass is 10.3. The predicted molar refractivity (Wildman–Crippen MR) is 60.7 cm³/mol. The molecular weight excluding hydrogens is 238 g/mol. The molecule has 6 heteroatoms. The molecule has 0 N–H and O–H groups in total. The van der Waals surface area contributed by atoms with Gasteiger partial charge in [-0.15, -0.1) is 11.6 Å². The largest absolute Gasteiger partial charge is 0.376 e. The van der Waals surface area contributed by atoms with Crippen molar-refractivity contribution in [1.29, 1.82) is 0 Å². The molecule has 0 bridgehead atoms. The van der Waals surface area contributed by atoms with Crippen LogP contribution in [0, 0.1) is 0 Å². The van der Waals surface area contributed by atoms with Crippen molar-refractivity contribution in [2.45, 2.75) is 25.9 Å². The van der Waals surface area contributed by atoms with E-state index in [1.165, 1.54) is 4.31 Å². The quantitative estimate of drug-likeness (QED) is 0.545. The van der Waals surface area contributed by atoms with Gasteiger partial charge in [0, 0.05) is 19.0 Å². The van der Waals surface area contributed by atoms with Crippen molar-refractivity contribution in [3.8, 4) is 0 Å². The molecule has 0 aromatic heterocycles. The summed E-state index contributed by atoms with van der Waals surface area (Å²) in [5, 5.41) is 0. The zero-order valence-corrected chi connectivity index (χ0v) is 10.6. The Kier molecular flexibility index (Phi) is 5.32. The first-order valence-electron chi connectivity index (χ1n) is 5.21. The molecule has 0 radical (unpaired) electrons. The molecule has 15 heavy (non-hydrogen) atoms. The Morgan fingerprint density at radius 3 is 2.80 bits per heavy atom. The van der Waals surface area contributed by atoms with E-state index in [2.05, 4.69) is 0 Å². The van der Waals surface area contributed by atoms with Crippen LogP contribution in [0.5, 0.6) is 0 Å². The lowest BCUT2D eigenvalue weighted by molar-refractivity contribution is 0.0102. The highest BCUT2D eigenvalue weighted by atomic mass is 35.5. The monoisotopic (exact) mass is 255 g/mol. The number of ether oxygens (including phenoxy) is 1. The highest BCUT2D eigenvalue weighted by Gasteiger charge is 2.26. The molecular formula is C9H18ClNO3S. The molecule has 1 heterocycles. The second-order valence-corrected chi connectivity index (χ2v) is 6.22. The van der Waals surface area contributed by atoms with Gasteiger partial charge in [-0.05, 0) is 19.8 Å². The van der Waals surface area contributed by atoms with Gasteiger partial charge in [0.1, 0.15) is 0 Å². The van der Waals surface area contributed by atoms with Gasteiger partial charge in [-0.25, -0.2) is 8.42 Å². The molecule has 4 nitrogen and oxygen atoms in total. The number of morpholine rings is 1. The first-order chi connectivity index (χ1) is 7.06. The molecule has 1 unspecified atom stereocenters. The van der Waals surface area contributed by atoms with E-state index in [-0.39, 0.29) is 11.9 Å². The van der Waals surface area contributed by atoms with E-state index >= 15 is 0 Å². The highest BCUT2D eigenvalue weighted by Crippen LogP contribution is 2.11. The van der Waals surface area contributed by atoms with Crippen molar-refractivity contribution in [3.63, 3.8) is 0 Å². The van der Waals surface area contributed by atoms with Crippen LogP contribution in [-0.2, 0) is 14.8 Å². The lowest BCUT2D eigenvalue weighted by Gasteiger charge is -2.30. The maximum absolute atomic E-state index is 11.8. The SMILES string of the molecule is CC1CN(S(=O)(=O)CCCCCl)CCO1. The number of unbranched alkanes of at least 4 members (excludes halogenated alkanes) is 1. The van der Waals surface area contributed by atoms with E-state index in [0.717, 1.165) is 6.42 Å². The van der Waals surface area contributed by atoms with Crippen molar-refractivity contribution in [2.24, 2.45) is 0 Å².